The topological polar surface area (TPSA) is 98.7 Å². The van der Waals surface area contributed by atoms with Gasteiger partial charge in [0, 0.05) is 67.0 Å². The zero-order chi connectivity index (χ0) is 27.6. The van der Waals surface area contributed by atoms with E-state index in [4.69, 9.17) is 0 Å². The Balaban J connectivity index is 1.50. The molecule has 0 aliphatic carbocycles. The van der Waals surface area contributed by atoms with Crippen LogP contribution in [0, 0.1) is 6.92 Å². The molecule has 3 heterocycles. The van der Waals surface area contributed by atoms with Gasteiger partial charge in [-0.15, -0.1) is 22.7 Å². The SMILES string of the molecule is CSCCC(NC(=O)C1=C(c2ccccc2C)CN(CCN(Cc2cncs2)Cc2cncs2)CC1)C(=O)O. The molecule has 3 aromatic rings. The average molecular weight is 586 g/mol. The van der Waals surface area contributed by atoms with E-state index in [0.29, 0.717) is 30.7 Å². The highest BCUT2D eigenvalue weighted by molar-refractivity contribution is 7.98. The van der Waals surface area contributed by atoms with Crippen LogP contribution in [0.4, 0.5) is 0 Å². The fraction of sp³-hybridized carbons (Fsp3) is 0.429. The van der Waals surface area contributed by atoms with Crippen molar-refractivity contribution in [3.05, 3.63) is 74.1 Å². The van der Waals surface area contributed by atoms with Gasteiger partial charge in [0.05, 0.1) is 11.0 Å². The summed E-state index contributed by atoms with van der Waals surface area (Å²) in [4.78, 5) is 41.0. The van der Waals surface area contributed by atoms with Crippen molar-refractivity contribution >= 4 is 51.9 Å². The van der Waals surface area contributed by atoms with Gasteiger partial charge in [0.1, 0.15) is 6.04 Å². The zero-order valence-electron chi connectivity index (χ0n) is 22.3. The van der Waals surface area contributed by atoms with E-state index in [2.05, 4.69) is 44.1 Å². The van der Waals surface area contributed by atoms with Crippen molar-refractivity contribution in [3.63, 3.8) is 0 Å². The number of aromatic nitrogens is 2. The number of nitrogens with zero attached hydrogens (tertiary/aromatic N) is 4. The summed E-state index contributed by atoms with van der Waals surface area (Å²) in [5.74, 6) is -0.581. The summed E-state index contributed by atoms with van der Waals surface area (Å²) in [5, 5.41) is 12.5. The van der Waals surface area contributed by atoms with Crippen LogP contribution in [-0.2, 0) is 22.7 Å². The van der Waals surface area contributed by atoms with Crippen LogP contribution in [0.2, 0.25) is 0 Å². The molecule has 208 valence electrons. The molecule has 1 aromatic carbocycles. The number of rotatable bonds is 14. The van der Waals surface area contributed by atoms with Crippen LogP contribution in [0.5, 0.6) is 0 Å². The second-order valence-corrected chi connectivity index (χ2v) is 12.5. The molecule has 0 fully saturated rings. The Morgan fingerprint density at radius 2 is 1.85 bits per heavy atom. The summed E-state index contributed by atoms with van der Waals surface area (Å²) >= 11 is 4.91. The van der Waals surface area contributed by atoms with Crippen LogP contribution < -0.4 is 5.32 Å². The Kier molecular flexibility index (Phi) is 11.1. The quantitative estimate of drug-likeness (QED) is 0.288. The molecular formula is C28H35N5O3S3. The molecule has 11 heteroatoms. The Labute approximate surface area is 242 Å². The first-order valence-corrected chi connectivity index (χ1v) is 16.1. The lowest BCUT2D eigenvalue weighted by Gasteiger charge is -2.33. The van der Waals surface area contributed by atoms with Crippen molar-refractivity contribution < 1.29 is 14.7 Å². The fourth-order valence-corrected chi connectivity index (χ4v) is 6.48. The van der Waals surface area contributed by atoms with E-state index in [-0.39, 0.29) is 5.91 Å². The van der Waals surface area contributed by atoms with Crippen molar-refractivity contribution in [2.75, 3.05) is 38.2 Å². The van der Waals surface area contributed by atoms with E-state index >= 15 is 0 Å². The lowest BCUT2D eigenvalue weighted by Crippen LogP contribution is -2.44. The largest absolute Gasteiger partial charge is 0.480 e. The van der Waals surface area contributed by atoms with Crippen LogP contribution in [0.3, 0.4) is 0 Å². The molecule has 2 aromatic heterocycles. The number of hydrogen-bond donors (Lipinski definition) is 2. The van der Waals surface area contributed by atoms with Gasteiger partial charge >= 0.3 is 5.97 Å². The number of aliphatic carboxylic acids is 1. The van der Waals surface area contributed by atoms with Crippen molar-refractivity contribution in [2.45, 2.75) is 38.9 Å². The maximum atomic E-state index is 13.4. The third-order valence-corrected chi connectivity index (χ3v) is 9.01. The van der Waals surface area contributed by atoms with Gasteiger partial charge in [-0.2, -0.15) is 11.8 Å². The Morgan fingerprint density at radius 1 is 1.15 bits per heavy atom. The number of amides is 1. The summed E-state index contributed by atoms with van der Waals surface area (Å²) in [7, 11) is 0. The molecular weight excluding hydrogens is 551 g/mol. The van der Waals surface area contributed by atoms with Crippen molar-refractivity contribution in [1.82, 2.24) is 25.1 Å². The first-order valence-electron chi connectivity index (χ1n) is 12.9. The van der Waals surface area contributed by atoms with Gasteiger partial charge in [-0.25, -0.2) is 4.79 Å². The highest BCUT2D eigenvalue weighted by Gasteiger charge is 2.28. The predicted molar refractivity (Wildman–Crippen MR) is 160 cm³/mol. The predicted octanol–water partition coefficient (Wildman–Crippen LogP) is 4.39. The highest BCUT2D eigenvalue weighted by atomic mass is 32.2. The molecule has 0 radical (unpaired) electrons. The molecule has 1 unspecified atom stereocenters. The molecule has 0 saturated heterocycles. The number of carboxylic acids is 1. The third-order valence-electron chi connectivity index (χ3n) is 6.84. The third kappa shape index (κ3) is 8.46. The van der Waals surface area contributed by atoms with Gasteiger partial charge in [-0.3, -0.25) is 24.6 Å². The summed E-state index contributed by atoms with van der Waals surface area (Å²) in [6, 6.07) is 7.22. The molecule has 39 heavy (non-hydrogen) atoms. The summed E-state index contributed by atoms with van der Waals surface area (Å²) < 4.78 is 0. The standard InChI is InChI=1S/C28H35N5O3S3/c1-20-5-3-4-6-23(20)25-17-32(9-7-24(25)27(34)31-26(28(35)36)8-12-37-2)10-11-33(15-21-13-29-18-38-21)16-22-14-30-19-39-22/h3-6,13-14,18-19,26H,7-12,15-17H2,1-2H3,(H,31,34)(H,35,36). The van der Waals surface area contributed by atoms with E-state index in [0.717, 1.165) is 49.4 Å². The molecule has 0 spiro atoms. The second kappa shape index (κ2) is 14.7. The van der Waals surface area contributed by atoms with Crippen molar-refractivity contribution in [1.29, 1.82) is 0 Å². The number of carbonyl (C=O) groups excluding carboxylic acids is 1. The smallest absolute Gasteiger partial charge is 0.326 e. The van der Waals surface area contributed by atoms with E-state index < -0.39 is 12.0 Å². The molecule has 8 nitrogen and oxygen atoms in total. The number of nitrogens with one attached hydrogen (secondary N) is 1. The minimum atomic E-state index is -0.991. The van der Waals surface area contributed by atoms with Crippen molar-refractivity contribution in [3.8, 4) is 0 Å². The average Bonchev–Trinajstić information content (AvgIpc) is 3.64. The Morgan fingerprint density at radius 3 is 2.44 bits per heavy atom. The molecule has 0 saturated carbocycles. The highest BCUT2D eigenvalue weighted by Crippen LogP contribution is 2.29. The minimum absolute atomic E-state index is 0.265. The van der Waals surface area contributed by atoms with Crippen LogP contribution in [0.25, 0.3) is 5.57 Å². The molecule has 1 amide bonds. The van der Waals surface area contributed by atoms with Gasteiger partial charge in [0.2, 0.25) is 5.91 Å². The van der Waals surface area contributed by atoms with Gasteiger partial charge in [-0.1, -0.05) is 24.3 Å². The van der Waals surface area contributed by atoms with Gasteiger partial charge in [0.25, 0.3) is 0 Å². The van der Waals surface area contributed by atoms with E-state index in [1.807, 2.05) is 41.8 Å². The van der Waals surface area contributed by atoms with Gasteiger partial charge < -0.3 is 10.4 Å². The number of carbonyl (C=O) groups is 2. The molecule has 0 bridgehead atoms. The van der Waals surface area contributed by atoms with E-state index in [1.165, 1.54) is 9.75 Å². The van der Waals surface area contributed by atoms with Gasteiger partial charge in [-0.05, 0) is 48.5 Å². The zero-order valence-corrected chi connectivity index (χ0v) is 24.8. The maximum Gasteiger partial charge on any atom is 0.326 e. The van der Waals surface area contributed by atoms with Crippen LogP contribution in [-0.4, -0.2) is 81.0 Å². The normalized spacial score (nSPS) is 15.1. The van der Waals surface area contributed by atoms with E-state index in [9.17, 15) is 14.7 Å². The molecule has 1 atom stereocenters. The number of carboxylic acid groups (broad SMARTS) is 1. The Hall–Kier alpha value is -2.57. The first-order chi connectivity index (χ1) is 18.9. The number of thioether (sulfide) groups is 1. The van der Waals surface area contributed by atoms with Crippen molar-refractivity contribution in [2.24, 2.45) is 0 Å². The molecule has 4 rings (SSSR count). The summed E-state index contributed by atoms with van der Waals surface area (Å²) in [6.45, 7) is 6.83. The molecule has 2 N–H and O–H groups in total. The number of hydrogen-bond acceptors (Lipinski definition) is 9. The number of benzene rings is 1. The second-order valence-electron chi connectivity index (χ2n) is 9.59. The molecule has 1 aliphatic heterocycles. The molecule has 1 aliphatic rings. The summed E-state index contributed by atoms with van der Waals surface area (Å²) in [6.07, 6.45) is 6.77. The fourth-order valence-electron chi connectivity index (χ4n) is 4.74. The van der Waals surface area contributed by atoms with Crippen LogP contribution in [0.1, 0.15) is 33.7 Å². The lowest BCUT2D eigenvalue weighted by molar-refractivity contribution is -0.141. The van der Waals surface area contributed by atoms with Gasteiger partial charge in [0.15, 0.2) is 0 Å². The number of aryl methyl sites for hydroxylation is 1. The maximum absolute atomic E-state index is 13.4. The van der Waals surface area contributed by atoms with Crippen LogP contribution in [0.15, 0.2) is 53.3 Å². The monoisotopic (exact) mass is 585 g/mol. The summed E-state index contributed by atoms with van der Waals surface area (Å²) in [5.41, 5.74) is 7.58. The minimum Gasteiger partial charge on any atom is -0.480 e. The van der Waals surface area contributed by atoms with Crippen LogP contribution >= 0.6 is 34.4 Å². The van der Waals surface area contributed by atoms with E-state index in [1.54, 1.807) is 34.4 Å². The Bertz CT molecular complexity index is 1210. The number of thiazole rings is 2. The lowest BCUT2D eigenvalue weighted by atomic mass is 9.90. The first kappa shape index (κ1) is 29.4.